The molecular formula is C22H39IN4O3. The van der Waals surface area contributed by atoms with E-state index in [0.29, 0.717) is 32.2 Å². The van der Waals surface area contributed by atoms with Crippen molar-refractivity contribution < 1.29 is 14.6 Å². The Labute approximate surface area is 198 Å². The zero-order valence-electron chi connectivity index (χ0n) is 18.8. The Morgan fingerprint density at radius 1 is 1.27 bits per heavy atom. The molecule has 1 aliphatic rings. The molecule has 1 atom stereocenters. The number of morpholine rings is 1. The number of nitrogens with zero attached hydrogens (tertiary/aromatic N) is 2. The Morgan fingerprint density at radius 3 is 2.63 bits per heavy atom. The van der Waals surface area contributed by atoms with Crippen molar-refractivity contribution in [2.45, 2.75) is 52.6 Å². The van der Waals surface area contributed by atoms with Crippen LogP contribution in [0.1, 0.15) is 38.8 Å². The predicted molar refractivity (Wildman–Crippen MR) is 132 cm³/mol. The maximum atomic E-state index is 10.8. The summed E-state index contributed by atoms with van der Waals surface area (Å²) in [5.74, 6) is 0.707. The van der Waals surface area contributed by atoms with Gasteiger partial charge in [-0.1, -0.05) is 24.3 Å². The fourth-order valence-electron chi connectivity index (χ4n) is 3.16. The summed E-state index contributed by atoms with van der Waals surface area (Å²) in [6.07, 6.45) is 0.214. The van der Waals surface area contributed by atoms with Crippen molar-refractivity contribution in [3.63, 3.8) is 0 Å². The van der Waals surface area contributed by atoms with Gasteiger partial charge in [0, 0.05) is 32.7 Å². The average Bonchev–Trinajstić information content (AvgIpc) is 2.69. The van der Waals surface area contributed by atoms with Gasteiger partial charge < -0.3 is 25.2 Å². The number of aliphatic imine (C=N–C) groups is 1. The smallest absolute Gasteiger partial charge is 0.191 e. The Hall–Kier alpha value is -0.940. The van der Waals surface area contributed by atoms with E-state index in [-0.39, 0.29) is 30.1 Å². The molecule has 30 heavy (non-hydrogen) atoms. The van der Waals surface area contributed by atoms with E-state index >= 15 is 0 Å². The van der Waals surface area contributed by atoms with E-state index in [9.17, 15) is 5.11 Å². The predicted octanol–water partition coefficient (Wildman–Crippen LogP) is 2.37. The van der Waals surface area contributed by atoms with Crippen LogP contribution in [0.3, 0.4) is 0 Å². The summed E-state index contributed by atoms with van der Waals surface area (Å²) in [4.78, 5) is 6.91. The first-order valence-electron chi connectivity index (χ1n) is 10.6. The minimum Gasteiger partial charge on any atom is -0.387 e. The molecule has 8 heteroatoms. The Bertz CT molecular complexity index is 635. The molecule has 0 amide bonds. The van der Waals surface area contributed by atoms with Crippen LogP contribution in [-0.4, -0.2) is 73.6 Å². The Morgan fingerprint density at radius 2 is 1.97 bits per heavy atom. The maximum absolute atomic E-state index is 10.8. The second kappa shape index (κ2) is 14.2. The molecule has 0 aliphatic carbocycles. The summed E-state index contributed by atoms with van der Waals surface area (Å²) in [6, 6.07) is 8.31. The normalized spacial score (nSPS) is 17.3. The second-order valence-electron chi connectivity index (χ2n) is 8.11. The molecular weight excluding hydrogens is 495 g/mol. The molecule has 1 heterocycles. The molecule has 1 saturated heterocycles. The minimum atomic E-state index is -0.846. The van der Waals surface area contributed by atoms with Gasteiger partial charge in [-0.2, -0.15) is 0 Å². The van der Waals surface area contributed by atoms with Gasteiger partial charge in [-0.3, -0.25) is 4.90 Å². The third-order valence-electron chi connectivity index (χ3n) is 4.64. The Balaban J connectivity index is 0.00000450. The van der Waals surface area contributed by atoms with E-state index in [1.54, 1.807) is 0 Å². The number of guanidine groups is 1. The lowest BCUT2D eigenvalue weighted by Gasteiger charge is -2.34. The van der Waals surface area contributed by atoms with E-state index in [2.05, 4.69) is 38.7 Å². The zero-order chi connectivity index (χ0) is 21.1. The molecule has 7 nitrogen and oxygen atoms in total. The summed E-state index contributed by atoms with van der Waals surface area (Å²) in [6.45, 7) is 14.1. The monoisotopic (exact) mass is 534 g/mol. The lowest BCUT2D eigenvalue weighted by atomic mass is 10.1. The van der Waals surface area contributed by atoms with E-state index < -0.39 is 5.60 Å². The molecule has 3 N–H and O–H groups in total. The van der Waals surface area contributed by atoms with Crippen LogP contribution in [0.2, 0.25) is 0 Å². The van der Waals surface area contributed by atoms with Gasteiger partial charge in [0.05, 0.1) is 38.1 Å². The molecule has 0 aromatic heterocycles. The largest absolute Gasteiger partial charge is 0.387 e. The van der Waals surface area contributed by atoms with Gasteiger partial charge in [0.15, 0.2) is 5.96 Å². The van der Waals surface area contributed by atoms with Gasteiger partial charge in [-0.05, 0) is 38.8 Å². The topological polar surface area (TPSA) is 78.4 Å². The molecule has 0 bridgehead atoms. The maximum Gasteiger partial charge on any atom is 0.191 e. The SMILES string of the molecule is CCNC(=NCc1cccc(COC(C)C)c1)NCC(C)(O)CN1CCOCC1.I. The van der Waals surface area contributed by atoms with Crippen LogP contribution in [0.5, 0.6) is 0 Å². The van der Waals surface area contributed by atoms with Crippen LogP contribution < -0.4 is 10.6 Å². The number of rotatable bonds is 10. The van der Waals surface area contributed by atoms with Gasteiger partial charge in [0.2, 0.25) is 0 Å². The highest BCUT2D eigenvalue weighted by molar-refractivity contribution is 14.0. The number of aliphatic hydroxyl groups is 1. The van der Waals surface area contributed by atoms with E-state index in [1.807, 2.05) is 33.8 Å². The molecule has 1 aromatic carbocycles. The van der Waals surface area contributed by atoms with Crippen molar-refractivity contribution in [1.29, 1.82) is 0 Å². The third-order valence-corrected chi connectivity index (χ3v) is 4.64. The van der Waals surface area contributed by atoms with Crippen molar-refractivity contribution in [1.82, 2.24) is 15.5 Å². The number of hydrogen-bond acceptors (Lipinski definition) is 5. The lowest BCUT2D eigenvalue weighted by Crippen LogP contribution is -2.52. The molecule has 1 fully saturated rings. The molecule has 1 unspecified atom stereocenters. The van der Waals surface area contributed by atoms with Crippen LogP contribution >= 0.6 is 24.0 Å². The number of benzene rings is 1. The van der Waals surface area contributed by atoms with Crippen molar-refractivity contribution in [3.05, 3.63) is 35.4 Å². The van der Waals surface area contributed by atoms with E-state index in [1.165, 1.54) is 0 Å². The summed E-state index contributed by atoms with van der Waals surface area (Å²) in [5, 5.41) is 17.3. The van der Waals surface area contributed by atoms with Crippen molar-refractivity contribution in [2.24, 2.45) is 4.99 Å². The van der Waals surface area contributed by atoms with Crippen LogP contribution in [0.15, 0.2) is 29.3 Å². The average molecular weight is 534 g/mol. The van der Waals surface area contributed by atoms with Crippen molar-refractivity contribution >= 4 is 29.9 Å². The van der Waals surface area contributed by atoms with E-state index in [4.69, 9.17) is 9.47 Å². The highest BCUT2D eigenvalue weighted by Gasteiger charge is 2.25. The summed E-state index contributed by atoms with van der Waals surface area (Å²) in [5.41, 5.74) is 1.44. The van der Waals surface area contributed by atoms with E-state index in [0.717, 1.165) is 44.0 Å². The number of hydrogen-bond donors (Lipinski definition) is 3. The highest BCUT2D eigenvalue weighted by atomic mass is 127. The summed E-state index contributed by atoms with van der Waals surface area (Å²) >= 11 is 0. The Kier molecular flexibility index (Phi) is 12.8. The number of β-amino-alcohol motifs (C(OH)–C–C–N with tert-alkyl or cyclic N) is 1. The van der Waals surface area contributed by atoms with Crippen molar-refractivity contribution in [2.75, 3.05) is 45.9 Å². The first-order chi connectivity index (χ1) is 13.9. The van der Waals surface area contributed by atoms with Crippen LogP contribution in [-0.2, 0) is 22.6 Å². The lowest BCUT2D eigenvalue weighted by molar-refractivity contribution is -0.0201. The summed E-state index contributed by atoms with van der Waals surface area (Å²) in [7, 11) is 0. The first-order valence-corrected chi connectivity index (χ1v) is 10.6. The molecule has 0 spiro atoms. The van der Waals surface area contributed by atoms with Crippen molar-refractivity contribution in [3.8, 4) is 0 Å². The quantitative estimate of drug-likeness (QED) is 0.243. The number of ether oxygens (including phenoxy) is 2. The highest BCUT2D eigenvalue weighted by Crippen LogP contribution is 2.10. The molecule has 172 valence electrons. The molecule has 2 rings (SSSR count). The van der Waals surface area contributed by atoms with Gasteiger partial charge in [0.1, 0.15) is 0 Å². The summed E-state index contributed by atoms with van der Waals surface area (Å²) < 4.78 is 11.1. The molecule has 1 aromatic rings. The van der Waals surface area contributed by atoms with Gasteiger partial charge in [0.25, 0.3) is 0 Å². The third kappa shape index (κ3) is 10.9. The zero-order valence-corrected chi connectivity index (χ0v) is 21.1. The molecule has 1 aliphatic heterocycles. The van der Waals surface area contributed by atoms with Gasteiger partial charge >= 0.3 is 0 Å². The first kappa shape index (κ1) is 27.1. The van der Waals surface area contributed by atoms with Crippen LogP contribution in [0.25, 0.3) is 0 Å². The van der Waals surface area contributed by atoms with Crippen LogP contribution in [0.4, 0.5) is 0 Å². The van der Waals surface area contributed by atoms with Crippen LogP contribution in [0, 0.1) is 0 Å². The fraction of sp³-hybridized carbons (Fsp3) is 0.682. The second-order valence-corrected chi connectivity index (χ2v) is 8.11. The number of nitrogens with one attached hydrogen (secondary N) is 2. The molecule has 0 radical (unpaired) electrons. The number of halogens is 1. The van der Waals surface area contributed by atoms with Gasteiger partial charge in [-0.25, -0.2) is 4.99 Å². The van der Waals surface area contributed by atoms with Gasteiger partial charge in [-0.15, -0.1) is 24.0 Å². The molecule has 0 saturated carbocycles. The standard InChI is InChI=1S/C22H38N4O3.HI/c1-5-23-21(25-16-22(4,27)17-26-9-11-28-12-10-26)24-14-19-7-6-8-20(13-19)15-29-18(2)3;/h6-8,13,18,27H,5,9-12,14-17H2,1-4H3,(H2,23,24,25);1H. The minimum absolute atomic E-state index is 0. The fourth-order valence-corrected chi connectivity index (χ4v) is 3.16.